The van der Waals surface area contributed by atoms with Gasteiger partial charge in [-0.1, -0.05) is 59.6 Å². The monoisotopic (exact) mass is 571 g/mol. The van der Waals surface area contributed by atoms with Gasteiger partial charge in [-0.3, -0.25) is 13.9 Å². The summed E-state index contributed by atoms with van der Waals surface area (Å²) in [7, 11) is -3.77. The third-order valence-corrected chi connectivity index (χ3v) is 7.31. The van der Waals surface area contributed by atoms with Crippen LogP contribution in [0.15, 0.2) is 53.0 Å². The molecule has 0 spiro atoms. The highest BCUT2D eigenvalue weighted by atomic mass is 79.9. The lowest BCUT2D eigenvalue weighted by Gasteiger charge is -2.33. The molecule has 10 heteroatoms. The highest BCUT2D eigenvalue weighted by Crippen LogP contribution is 2.23. The Kier molecular flexibility index (Phi) is 10.4. The van der Waals surface area contributed by atoms with Crippen LogP contribution in [-0.4, -0.2) is 50.0 Å². The number of carbonyl (C=O) groups is 2. The van der Waals surface area contributed by atoms with Crippen LogP contribution in [-0.2, 0) is 26.2 Å². The van der Waals surface area contributed by atoms with Crippen LogP contribution in [0.2, 0.25) is 5.02 Å². The van der Waals surface area contributed by atoms with Gasteiger partial charge in [0.2, 0.25) is 21.8 Å². The van der Waals surface area contributed by atoms with Crippen molar-refractivity contribution in [1.82, 2.24) is 10.2 Å². The zero-order valence-electron chi connectivity index (χ0n) is 19.8. The Morgan fingerprint density at radius 2 is 1.74 bits per heavy atom. The molecular formula is C24H31BrClN3O4S. The van der Waals surface area contributed by atoms with E-state index in [-0.39, 0.29) is 18.5 Å². The van der Waals surface area contributed by atoms with Gasteiger partial charge < -0.3 is 10.2 Å². The number of nitrogens with one attached hydrogen (secondary N) is 1. The van der Waals surface area contributed by atoms with Crippen molar-refractivity contribution < 1.29 is 18.0 Å². The van der Waals surface area contributed by atoms with Crippen molar-refractivity contribution in [3.63, 3.8) is 0 Å². The molecule has 2 rings (SSSR count). The molecule has 2 aromatic carbocycles. The maximum atomic E-state index is 13.6. The molecule has 0 heterocycles. The molecule has 0 aliphatic carbocycles. The van der Waals surface area contributed by atoms with Crippen LogP contribution in [0.4, 0.5) is 5.69 Å². The first-order chi connectivity index (χ1) is 16.0. The van der Waals surface area contributed by atoms with E-state index >= 15 is 0 Å². The zero-order valence-corrected chi connectivity index (χ0v) is 23.0. The Bertz CT molecular complexity index is 1100. The van der Waals surface area contributed by atoms with Crippen molar-refractivity contribution in [3.05, 3.63) is 63.6 Å². The minimum absolute atomic E-state index is 0.0526. The molecule has 34 heavy (non-hydrogen) atoms. The second kappa shape index (κ2) is 12.6. The first-order valence-corrected chi connectivity index (χ1v) is 14.1. The number of halogens is 2. The molecule has 0 radical (unpaired) electrons. The highest BCUT2D eigenvalue weighted by molar-refractivity contribution is 9.10. The minimum atomic E-state index is -3.77. The quantitative estimate of drug-likeness (QED) is 0.427. The van der Waals surface area contributed by atoms with E-state index in [2.05, 4.69) is 21.2 Å². The largest absolute Gasteiger partial charge is 0.352 e. The fraction of sp³-hybridized carbons (Fsp3) is 0.417. The van der Waals surface area contributed by atoms with Gasteiger partial charge in [0.15, 0.2) is 0 Å². The molecular weight excluding hydrogens is 542 g/mol. The number of hydrogen-bond donors (Lipinski definition) is 1. The van der Waals surface area contributed by atoms with Crippen molar-refractivity contribution >= 4 is 55.1 Å². The molecule has 7 nitrogen and oxygen atoms in total. The third kappa shape index (κ3) is 7.99. The first-order valence-electron chi connectivity index (χ1n) is 11.0. The summed E-state index contributed by atoms with van der Waals surface area (Å²) in [5.41, 5.74) is 1.13. The normalized spacial score (nSPS) is 13.1. The summed E-state index contributed by atoms with van der Waals surface area (Å²) in [5, 5.41) is 3.50. The van der Waals surface area contributed by atoms with Crippen molar-refractivity contribution in [2.24, 2.45) is 0 Å². The maximum absolute atomic E-state index is 13.6. The molecule has 0 aliphatic heterocycles. The Labute approximate surface area is 215 Å². The summed E-state index contributed by atoms with van der Waals surface area (Å²) < 4.78 is 26.9. The van der Waals surface area contributed by atoms with E-state index in [1.165, 1.54) is 4.90 Å². The second-order valence-corrected chi connectivity index (χ2v) is 11.4. The number of amides is 2. The summed E-state index contributed by atoms with van der Waals surface area (Å²) in [6.07, 6.45) is 2.17. The molecule has 0 saturated heterocycles. The lowest BCUT2D eigenvalue weighted by atomic mass is 10.1. The van der Waals surface area contributed by atoms with E-state index in [0.29, 0.717) is 21.6 Å². The van der Waals surface area contributed by atoms with Crippen molar-refractivity contribution in [3.8, 4) is 0 Å². The molecule has 0 bridgehead atoms. The van der Waals surface area contributed by atoms with Crippen LogP contribution in [0.25, 0.3) is 0 Å². The van der Waals surface area contributed by atoms with E-state index in [1.54, 1.807) is 48.5 Å². The van der Waals surface area contributed by atoms with E-state index in [4.69, 9.17) is 11.6 Å². The number of nitrogens with zero attached hydrogens (tertiary/aromatic N) is 2. The van der Waals surface area contributed by atoms with Gasteiger partial charge >= 0.3 is 0 Å². The molecule has 0 aromatic heterocycles. The number of sulfonamides is 1. The van der Waals surface area contributed by atoms with Crippen molar-refractivity contribution in [2.75, 3.05) is 17.1 Å². The Morgan fingerprint density at radius 1 is 1.09 bits per heavy atom. The molecule has 2 amide bonds. The van der Waals surface area contributed by atoms with Crippen LogP contribution in [0, 0.1) is 0 Å². The third-order valence-electron chi connectivity index (χ3n) is 5.43. The minimum Gasteiger partial charge on any atom is -0.352 e. The smallest absolute Gasteiger partial charge is 0.244 e. The lowest BCUT2D eigenvalue weighted by molar-refractivity contribution is -0.140. The van der Waals surface area contributed by atoms with Gasteiger partial charge in [0, 0.05) is 22.1 Å². The predicted molar refractivity (Wildman–Crippen MR) is 140 cm³/mol. The van der Waals surface area contributed by atoms with Crippen LogP contribution in [0.5, 0.6) is 0 Å². The van der Waals surface area contributed by atoms with Crippen molar-refractivity contribution in [2.45, 2.75) is 52.2 Å². The fourth-order valence-corrected chi connectivity index (χ4v) is 4.75. The van der Waals surface area contributed by atoms with Gasteiger partial charge in [-0.25, -0.2) is 8.42 Å². The number of anilines is 1. The van der Waals surface area contributed by atoms with E-state index in [9.17, 15) is 18.0 Å². The van der Waals surface area contributed by atoms with Crippen LogP contribution in [0.3, 0.4) is 0 Å². The number of hydrogen-bond acceptors (Lipinski definition) is 4. The van der Waals surface area contributed by atoms with E-state index in [1.807, 2.05) is 20.8 Å². The van der Waals surface area contributed by atoms with Crippen LogP contribution in [0.1, 0.15) is 39.2 Å². The summed E-state index contributed by atoms with van der Waals surface area (Å²) in [5.74, 6) is -0.751. The van der Waals surface area contributed by atoms with Gasteiger partial charge in [-0.15, -0.1) is 0 Å². The van der Waals surface area contributed by atoms with Gasteiger partial charge in [-0.2, -0.15) is 0 Å². The molecule has 0 saturated carbocycles. The van der Waals surface area contributed by atoms with Gasteiger partial charge in [0.1, 0.15) is 12.6 Å². The molecule has 186 valence electrons. The van der Waals surface area contributed by atoms with E-state index < -0.39 is 28.5 Å². The predicted octanol–water partition coefficient (Wildman–Crippen LogP) is 4.59. The Balaban J connectivity index is 2.43. The van der Waals surface area contributed by atoms with Gasteiger partial charge in [0.05, 0.1) is 11.9 Å². The van der Waals surface area contributed by atoms with E-state index in [0.717, 1.165) is 22.5 Å². The first kappa shape index (κ1) is 28.1. The summed E-state index contributed by atoms with van der Waals surface area (Å²) in [6, 6.07) is 12.9. The maximum Gasteiger partial charge on any atom is 0.244 e. The Morgan fingerprint density at radius 3 is 2.26 bits per heavy atom. The molecule has 0 aliphatic rings. The summed E-state index contributed by atoms with van der Waals surface area (Å²) in [6.45, 7) is 5.39. The summed E-state index contributed by atoms with van der Waals surface area (Å²) in [4.78, 5) is 28.1. The zero-order chi connectivity index (χ0) is 25.5. The van der Waals surface area contributed by atoms with Crippen LogP contribution < -0.4 is 9.62 Å². The molecule has 2 aromatic rings. The fourth-order valence-electron chi connectivity index (χ4n) is 3.39. The van der Waals surface area contributed by atoms with Crippen LogP contribution >= 0.6 is 27.5 Å². The number of benzene rings is 2. The lowest BCUT2D eigenvalue weighted by Crippen LogP contribution is -2.53. The number of rotatable bonds is 11. The topological polar surface area (TPSA) is 86.8 Å². The standard InChI is InChI=1S/C24H31BrClN3O4S/c1-5-17(3)27-24(31)22(6-2)28(15-18-10-12-20(26)13-11-18)23(30)16-29(34(4,32)33)21-9-7-8-19(25)14-21/h7-14,17,22H,5-6,15-16H2,1-4H3,(H,27,31)/t17-,22+/m1/s1. The molecule has 0 unspecified atom stereocenters. The van der Waals surface area contributed by atoms with Gasteiger partial charge in [-0.05, 0) is 55.7 Å². The molecule has 0 fully saturated rings. The average Bonchev–Trinajstić information content (AvgIpc) is 2.77. The summed E-state index contributed by atoms with van der Waals surface area (Å²) >= 11 is 9.35. The molecule has 2 atom stereocenters. The second-order valence-electron chi connectivity index (χ2n) is 8.14. The Hall–Kier alpha value is -2.10. The highest BCUT2D eigenvalue weighted by Gasteiger charge is 2.32. The number of carbonyl (C=O) groups excluding carboxylic acids is 2. The van der Waals surface area contributed by atoms with Crippen molar-refractivity contribution in [1.29, 1.82) is 0 Å². The SMILES string of the molecule is CC[C@@H](C)NC(=O)[C@H](CC)N(Cc1ccc(Cl)cc1)C(=O)CN(c1cccc(Br)c1)S(C)(=O)=O. The van der Waals surface area contributed by atoms with Gasteiger partial charge in [0.25, 0.3) is 0 Å². The molecule has 1 N–H and O–H groups in total. The average molecular weight is 573 g/mol.